The Morgan fingerprint density at radius 3 is 1.70 bits per heavy atom. The van der Waals surface area contributed by atoms with E-state index in [1.165, 1.54) is 33.1 Å². The molecule has 57 heavy (non-hydrogen) atoms. The van der Waals surface area contributed by atoms with E-state index >= 15 is 0 Å². The third-order valence-corrected chi connectivity index (χ3v) is 11.5. The van der Waals surface area contributed by atoms with E-state index in [1.807, 2.05) is 12.4 Å². The van der Waals surface area contributed by atoms with Crippen LogP contribution in [0.4, 0.5) is 28.4 Å². The number of para-hydroxylation sites is 5. The Labute approximate surface area is 332 Å². The minimum Gasteiger partial charge on any atom is -0.333 e. The molecular weight excluding hydrogens is 693 g/mol. The molecule has 7 aromatic carbocycles. The van der Waals surface area contributed by atoms with Crippen molar-refractivity contribution in [2.75, 3.05) is 9.80 Å². The van der Waals surface area contributed by atoms with Gasteiger partial charge in [0.25, 0.3) is 0 Å². The van der Waals surface area contributed by atoms with Crippen LogP contribution in [0.1, 0.15) is 11.5 Å². The highest BCUT2D eigenvalue weighted by atomic mass is 15.2. The van der Waals surface area contributed by atoms with Crippen LogP contribution in [0.5, 0.6) is 0 Å². The van der Waals surface area contributed by atoms with Crippen LogP contribution >= 0.6 is 0 Å². The second-order valence-electron chi connectivity index (χ2n) is 14.8. The molecule has 0 saturated carbocycles. The van der Waals surface area contributed by atoms with Gasteiger partial charge in [0.2, 0.25) is 0 Å². The van der Waals surface area contributed by atoms with Crippen LogP contribution in [0.2, 0.25) is 0 Å². The molecule has 0 saturated heterocycles. The summed E-state index contributed by atoms with van der Waals surface area (Å²) in [6, 6.07) is 65.8. The first-order valence-corrected chi connectivity index (χ1v) is 19.6. The van der Waals surface area contributed by atoms with Crippen LogP contribution in [-0.4, -0.2) is 15.6 Å². The lowest BCUT2D eigenvalue weighted by Crippen LogP contribution is -2.28. The molecule has 270 valence electrons. The van der Waals surface area contributed by atoms with Crippen molar-refractivity contribution in [3.05, 3.63) is 224 Å². The van der Waals surface area contributed by atoms with Crippen molar-refractivity contribution < 1.29 is 0 Å². The zero-order valence-corrected chi connectivity index (χ0v) is 31.2. The van der Waals surface area contributed by atoms with Gasteiger partial charge in [0.15, 0.2) is 0 Å². The molecule has 3 heterocycles. The second kappa shape index (κ2) is 13.7. The lowest BCUT2D eigenvalue weighted by atomic mass is 9.91. The molecule has 2 unspecified atom stereocenters. The average molecular weight is 731 g/mol. The fourth-order valence-electron chi connectivity index (χ4n) is 8.98. The van der Waals surface area contributed by atoms with Crippen LogP contribution < -0.4 is 9.80 Å². The SMILES string of the molecule is C1=CC2c3ccccc3N(c3cc(-c4cncc(-c5ccc(N(c6ccccc6)c6ccccc6)cc5)c4)cc(-n4c5ccccc5c5ccccc54)c3)C2C=C1. The van der Waals surface area contributed by atoms with E-state index in [-0.39, 0.29) is 6.04 Å². The molecule has 2 aliphatic rings. The normalized spacial score (nSPS) is 15.5. The Hall–Kier alpha value is -7.43. The molecule has 0 bridgehead atoms. The quantitative estimate of drug-likeness (QED) is 0.163. The van der Waals surface area contributed by atoms with Crippen molar-refractivity contribution in [1.82, 2.24) is 9.55 Å². The summed E-state index contributed by atoms with van der Waals surface area (Å²) in [5.74, 6) is 0.291. The van der Waals surface area contributed by atoms with Crippen molar-refractivity contribution >= 4 is 50.2 Å². The fraction of sp³-hybridized carbons (Fsp3) is 0.0377. The summed E-state index contributed by atoms with van der Waals surface area (Å²) in [6.45, 7) is 0. The number of hydrogen-bond acceptors (Lipinski definition) is 3. The van der Waals surface area contributed by atoms with Gasteiger partial charge in [-0.2, -0.15) is 0 Å². The summed E-state index contributed by atoms with van der Waals surface area (Å²) in [7, 11) is 0. The van der Waals surface area contributed by atoms with Gasteiger partial charge in [-0.25, -0.2) is 0 Å². The topological polar surface area (TPSA) is 24.3 Å². The van der Waals surface area contributed by atoms with Gasteiger partial charge < -0.3 is 14.4 Å². The zero-order chi connectivity index (χ0) is 37.7. The van der Waals surface area contributed by atoms with Crippen LogP contribution in [0.15, 0.2) is 219 Å². The first kappa shape index (κ1) is 33.0. The van der Waals surface area contributed by atoms with Gasteiger partial charge in [-0.1, -0.05) is 127 Å². The maximum absolute atomic E-state index is 4.86. The summed E-state index contributed by atoms with van der Waals surface area (Å²) in [5, 5.41) is 2.49. The van der Waals surface area contributed by atoms with Gasteiger partial charge in [-0.3, -0.25) is 4.98 Å². The van der Waals surface area contributed by atoms with Gasteiger partial charge in [-0.05, 0) is 95.6 Å². The Bertz CT molecular complexity index is 2890. The maximum atomic E-state index is 4.86. The monoisotopic (exact) mass is 730 g/mol. The van der Waals surface area contributed by atoms with E-state index in [2.05, 4.69) is 221 Å². The van der Waals surface area contributed by atoms with E-state index in [0.717, 1.165) is 50.7 Å². The summed E-state index contributed by atoms with van der Waals surface area (Å²) in [4.78, 5) is 9.68. The average Bonchev–Trinajstić information content (AvgIpc) is 3.81. The Balaban J connectivity index is 1.05. The summed E-state index contributed by atoms with van der Waals surface area (Å²) in [6.07, 6.45) is 13.0. The van der Waals surface area contributed by atoms with E-state index < -0.39 is 0 Å². The lowest BCUT2D eigenvalue weighted by molar-refractivity contribution is 0.744. The number of allylic oxidation sites excluding steroid dienone is 2. The predicted molar refractivity (Wildman–Crippen MR) is 238 cm³/mol. The Kier molecular flexibility index (Phi) is 7.92. The molecule has 1 aliphatic carbocycles. The Morgan fingerprint density at radius 1 is 0.439 bits per heavy atom. The van der Waals surface area contributed by atoms with Crippen LogP contribution in [0.3, 0.4) is 0 Å². The minimum atomic E-state index is 0.183. The zero-order valence-electron chi connectivity index (χ0n) is 31.2. The molecule has 1 aliphatic heterocycles. The summed E-state index contributed by atoms with van der Waals surface area (Å²) < 4.78 is 2.43. The van der Waals surface area contributed by atoms with Gasteiger partial charge in [0.05, 0.1) is 17.1 Å². The smallest absolute Gasteiger partial charge is 0.0629 e. The van der Waals surface area contributed by atoms with Crippen molar-refractivity contribution in [2.24, 2.45) is 0 Å². The molecule has 0 spiro atoms. The van der Waals surface area contributed by atoms with E-state index in [0.29, 0.717) is 5.92 Å². The number of hydrogen-bond donors (Lipinski definition) is 0. The molecule has 2 aromatic heterocycles. The highest BCUT2D eigenvalue weighted by Crippen LogP contribution is 2.49. The number of nitrogens with zero attached hydrogens (tertiary/aromatic N) is 4. The van der Waals surface area contributed by atoms with E-state index in [9.17, 15) is 0 Å². The molecule has 2 atom stereocenters. The van der Waals surface area contributed by atoms with Crippen LogP contribution in [0.25, 0.3) is 49.7 Å². The molecule has 4 nitrogen and oxygen atoms in total. The minimum absolute atomic E-state index is 0.183. The third-order valence-electron chi connectivity index (χ3n) is 11.5. The van der Waals surface area contributed by atoms with Crippen molar-refractivity contribution in [3.63, 3.8) is 0 Å². The molecule has 11 rings (SSSR count). The molecule has 4 heteroatoms. The highest BCUT2D eigenvalue weighted by Gasteiger charge is 2.37. The Morgan fingerprint density at radius 2 is 1.00 bits per heavy atom. The summed E-state index contributed by atoms with van der Waals surface area (Å²) >= 11 is 0. The van der Waals surface area contributed by atoms with Crippen molar-refractivity contribution in [1.29, 1.82) is 0 Å². The number of anilines is 5. The van der Waals surface area contributed by atoms with Gasteiger partial charge in [0, 0.05) is 74.3 Å². The first-order valence-electron chi connectivity index (χ1n) is 19.6. The van der Waals surface area contributed by atoms with Crippen molar-refractivity contribution in [3.8, 4) is 27.9 Å². The fourth-order valence-corrected chi connectivity index (χ4v) is 8.98. The van der Waals surface area contributed by atoms with Crippen LogP contribution in [-0.2, 0) is 0 Å². The second-order valence-corrected chi connectivity index (χ2v) is 14.8. The van der Waals surface area contributed by atoms with Crippen molar-refractivity contribution in [2.45, 2.75) is 12.0 Å². The molecule has 0 N–H and O–H groups in total. The maximum Gasteiger partial charge on any atom is 0.0629 e. The third kappa shape index (κ3) is 5.65. The van der Waals surface area contributed by atoms with Gasteiger partial charge >= 0.3 is 0 Å². The van der Waals surface area contributed by atoms with E-state index in [1.54, 1.807) is 0 Å². The largest absolute Gasteiger partial charge is 0.333 e. The number of benzene rings is 7. The molecule has 0 amide bonds. The molecular formula is C53H38N4. The summed E-state index contributed by atoms with van der Waals surface area (Å²) in [5.41, 5.74) is 15.0. The van der Waals surface area contributed by atoms with Gasteiger partial charge in [-0.15, -0.1) is 0 Å². The molecule has 9 aromatic rings. The number of aromatic nitrogens is 2. The number of rotatable bonds is 7. The first-order chi connectivity index (χ1) is 28.3. The highest BCUT2D eigenvalue weighted by molar-refractivity contribution is 6.09. The standard InChI is InChI=1S/C53H38N4/c1-3-15-41(16-4-1)55(42-17-5-2-6-18-42)43-29-27-37(28-30-43)39-31-40(36-54-35-39)38-32-44(56-50-23-11-7-19-46(50)47-20-8-12-24-51(47)56)34-45(33-38)57-52-25-13-9-21-48(52)49-22-10-14-26-53(49)57/h1-36,46,50H. The lowest BCUT2D eigenvalue weighted by Gasteiger charge is -2.30. The van der Waals surface area contributed by atoms with Gasteiger partial charge in [0.1, 0.15) is 0 Å². The van der Waals surface area contributed by atoms with Crippen LogP contribution in [0, 0.1) is 0 Å². The van der Waals surface area contributed by atoms with E-state index in [4.69, 9.17) is 4.98 Å². The number of fused-ring (bicyclic) bond motifs is 6. The molecule has 0 fully saturated rings. The molecule has 0 radical (unpaired) electrons. The predicted octanol–water partition coefficient (Wildman–Crippen LogP) is 13.7. The number of pyridine rings is 1.